The zero-order chi connectivity index (χ0) is 23.8. The van der Waals surface area contributed by atoms with E-state index in [1.807, 2.05) is 27.7 Å². The molecule has 172 valence electrons. The number of carbonyl (C=O) groups is 1. The van der Waals surface area contributed by atoms with E-state index in [9.17, 15) is 19.7 Å². The molecular weight excluding hydrogens is 456 g/mol. The first-order chi connectivity index (χ1) is 16.4. The van der Waals surface area contributed by atoms with Gasteiger partial charge in [-0.2, -0.15) is 0 Å². The molecule has 5 rings (SSSR count). The predicted molar refractivity (Wildman–Crippen MR) is 133 cm³/mol. The molecule has 1 amide bonds. The Morgan fingerprint density at radius 2 is 1.59 bits per heavy atom. The summed E-state index contributed by atoms with van der Waals surface area (Å²) in [6, 6.07) is 18.9. The number of rotatable bonds is 4. The summed E-state index contributed by atoms with van der Waals surface area (Å²) in [6.07, 6.45) is 0. The Bertz CT molecular complexity index is 1470. The van der Waals surface area contributed by atoms with Gasteiger partial charge in [-0.05, 0) is 42.5 Å². The fraction of sp³-hybridized carbons (Fsp3) is 0.200. The second-order valence-corrected chi connectivity index (χ2v) is 8.67. The van der Waals surface area contributed by atoms with Crippen molar-refractivity contribution in [1.29, 1.82) is 0 Å². The van der Waals surface area contributed by atoms with E-state index in [1.54, 1.807) is 36.4 Å². The Balaban J connectivity index is 1.38. The second kappa shape index (κ2) is 8.79. The van der Waals surface area contributed by atoms with E-state index >= 15 is 0 Å². The van der Waals surface area contributed by atoms with Crippen LogP contribution in [-0.4, -0.2) is 46.5 Å². The number of pyridine rings is 1. The summed E-state index contributed by atoms with van der Waals surface area (Å²) in [4.78, 5) is 40.7. The van der Waals surface area contributed by atoms with Gasteiger partial charge >= 0.3 is 0 Å². The Labute approximate surface area is 199 Å². The molecule has 1 aliphatic rings. The lowest BCUT2D eigenvalue weighted by atomic mass is 10.1. The molecule has 4 aromatic rings. The maximum Gasteiger partial charge on any atom is 0.269 e. The molecule has 1 saturated heterocycles. The van der Waals surface area contributed by atoms with Crippen molar-refractivity contribution in [2.24, 2.45) is 0 Å². The van der Waals surface area contributed by atoms with Crippen molar-refractivity contribution in [3.05, 3.63) is 92.1 Å². The number of carbonyl (C=O) groups excluding carboxylic acids is 1. The molecule has 9 heteroatoms. The van der Waals surface area contributed by atoms with Gasteiger partial charge in [-0.1, -0.05) is 23.7 Å². The highest BCUT2D eigenvalue weighted by Gasteiger charge is 2.23. The van der Waals surface area contributed by atoms with E-state index in [-0.39, 0.29) is 23.6 Å². The van der Waals surface area contributed by atoms with Crippen LogP contribution in [0.2, 0.25) is 5.02 Å². The molecule has 0 unspecified atom stereocenters. The normalized spacial score (nSPS) is 14.0. The molecular formula is C25H21ClN4O4. The maximum absolute atomic E-state index is 13.3. The van der Waals surface area contributed by atoms with Crippen LogP contribution in [0.4, 0.5) is 11.4 Å². The summed E-state index contributed by atoms with van der Waals surface area (Å²) in [5, 5.41) is 12.4. The van der Waals surface area contributed by atoms with E-state index in [1.165, 1.54) is 12.1 Å². The molecule has 1 aliphatic heterocycles. The minimum absolute atomic E-state index is 0.0339. The van der Waals surface area contributed by atoms with Gasteiger partial charge in [0.25, 0.3) is 5.69 Å². The summed E-state index contributed by atoms with van der Waals surface area (Å²) in [7, 11) is 0. The lowest BCUT2D eigenvalue weighted by molar-refractivity contribution is -0.384. The van der Waals surface area contributed by atoms with Gasteiger partial charge in [-0.3, -0.25) is 19.7 Å². The molecule has 0 saturated carbocycles. The van der Waals surface area contributed by atoms with Crippen LogP contribution in [0.1, 0.15) is 0 Å². The molecule has 3 aromatic carbocycles. The minimum atomic E-state index is -0.418. The summed E-state index contributed by atoms with van der Waals surface area (Å²) < 4.78 is 1.88. The smallest absolute Gasteiger partial charge is 0.269 e. The number of amides is 1. The topological polar surface area (TPSA) is 88.7 Å². The van der Waals surface area contributed by atoms with Gasteiger partial charge in [0.05, 0.1) is 16.0 Å². The lowest BCUT2D eigenvalue weighted by Gasteiger charge is -2.36. The number of fused-ring (bicyclic) bond motifs is 2. The van der Waals surface area contributed by atoms with Crippen LogP contribution in [0.15, 0.2) is 71.5 Å². The number of nitrogens with zero attached hydrogens (tertiary/aromatic N) is 4. The monoisotopic (exact) mass is 476 g/mol. The fourth-order valence-corrected chi connectivity index (χ4v) is 4.68. The fourth-order valence-electron chi connectivity index (χ4n) is 4.51. The van der Waals surface area contributed by atoms with Crippen LogP contribution in [0.3, 0.4) is 0 Å². The number of aromatic nitrogens is 1. The zero-order valence-corrected chi connectivity index (χ0v) is 18.9. The minimum Gasteiger partial charge on any atom is -0.368 e. The van der Waals surface area contributed by atoms with Crippen LogP contribution in [0.25, 0.3) is 21.8 Å². The molecule has 0 bridgehead atoms. The molecule has 2 heterocycles. The third-order valence-electron chi connectivity index (χ3n) is 6.28. The van der Waals surface area contributed by atoms with Gasteiger partial charge < -0.3 is 14.4 Å². The standard InChI is InChI=1S/C25H21ClN4O4/c26-17-5-10-23-21(15-17)25(32)20-3-1-2-4-22(20)29(23)16-24(31)28-13-11-27(12-14-28)18-6-8-19(9-7-18)30(33)34/h1-10,15H,11-14,16H2. The lowest BCUT2D eigenvalue weighted by Crippen LogP contribution is -2.49. The second-order valence-electron chi connectivity index (χ2n) is 8.24. The van der Waals surface area contributed by atoms with Crippen LogP contribution < -0.4 is 10.3 Å². The van der Waals surface area contributed by atoms with Crippen molar-refractivity contribution in [3.63, 3.8) is 0 Å². The molecule has 0 N–H and O–H groups in total. The average molecular weight is 477 g/mol. The molecule has 1 aromatic heterocycles. The first-order valence-corrected chi connectivity index (χ1v) is 11.3. The van der Waals surface area contributed by atoms with Crippen LogP contribution >= 0.6 is 11.6 Å². The summed E-state index contributed by atoms with van der Waals surface area (Å²) >= 11 is 6.15. The van der Waals surface area contributed by atoms with Crippen LogP contribution in [-0.2, 0) is 11.3 Å². The van der Waals surface area contributed by atoms with Gasteiger partial charge in [0.1, 0.15) is 6.54 Å². The number of piperazine rings is 1. The first-order valence-electron chi connectivity index (χ1n) is 10.9. The van der Waals surface area contributed by atoms with E-state index in [0.717, 1.165) is 5.69 Å². The molecule has 0 atom stereocenters. The number of non-ortho nitro benzene ring substituents is 1. The van der Waals surface area contributed by atoms with Crippen molar-refractivity contribution in [3.8, 4) is 0 Å². The Hall–Kier alpha value is -3.91. The number of halogens is 1. The number of para-hydroxylation sites is 1. The highest BCUT2D eigenvalue weighted by Crippen LogP contribution is 2.24. The van der Waals surface area contributed by atoms with Crippen LogP contribution in [0, 0.1) is 10.1 Å². The predicted octanol–water partition coefficient (Wildman–Crippen LogP) is 4.07. The molecule has 34 heavy (non-hydrogen) atoms. The number of hydrogen-bond acceptors (Lipinski definition) is 5. The number of hydrogen-bond donors (Lipinski definition) is 0. The quantitative estimate of drug-likeness (QED) is 0.252. The summed E-state index contributed by atoms with van der Waals surface area (Å²) in [6.45, 7) is 2.45. The number of benzene rings is 3. The number of nitro groups is 1. The van der Waals surface area contributed by atoms with Crippen LogP contribution in [0.5, 0.6) is 0 Å². The van der Waals surface area contributed by atoms with Gasteiger partial charge in [0, 0.05) is 59.8 Å². The zero-order valence-electron chi connectivity index (χ0n) is 18.2. The number of anilines is 1. The van der Waals surface area contributed by atoms with E-state index in [2.05, 4.69) is 4.90 Å². The highest BCUT2D eigenvalue weighted by molar-refractivity contribution is 6.31. The molecule has 0 radical (unpaired) electrons. The Morgan fingerprint density at radius 1 is 0.912 bits per heavy atom. The largest absolute Gasteiger partial charge is 0.368 e. The molecule has 1 fully saturated rings. The van der Waals surface area contributed by atoms with Crippen molar-refractivity contribution in [2.45, 2.75) is 6.54 Å². The van der Waals surface area contributed by atoms with Crippen molar-refractivity contribution in [2.75, 3.05) is 31.1 Å². The highest BCUT2D eigenvalue weighted by atomic mass is 35.5. The third kappa shape index (κ3) is 3.97. The van der Waals surface area contributed by atoms with Gasteiger partial charge in [0.2, 0.25) is 5.91 Å². The van der Waals surface area contributed by atoms with Gasteiger partial charge in [0.15, 0.2) is 5.43 Å². The van der Waals surface area contributed by atoms with Gasteiger partial charge in [-0.15, -0.1) is 0 Å². The SMILES string of the molecule is O=C(Cn1c2ccccc2c(=O)c2cc(Cl)ccc21)N1CCN(c2ccc([N+](=O)[O-])cc2)CC1. The molecule has 0 spiro atoms. The number of nitro benzene ring substituents is 1. The third-order valence-corrected chi connectivity index (χ3v) is 6.52. The van der Waals surface area contributed by atoms with Crippen molar-refractivity contribution in [1.82, 2.24) is 9.47 Å². The van der Waals surface area contributed by atoms with E-state index in [0.29, 0.717) is 53.0 Å². The van der Waals surface area contributed by atoms with Crippen molar-refractivity contribution < 1.29 is 9.72 Å². The van der Waals surface area contributed by atoms with E-state index < -0.39 is 4.92 Å². The van der Waals surface area contributed by atoms with Gasteiger partial charge in [-0.25, -0.2) is 0 Å². The summed E-state index contributed by atoms with van der Waals surface area (Å²) in [5.74, 6) is -0.0339. The Kier molecular flexibility index (Phi) is 5.67. The summed E-state index contributed by atoms with van der Waals surface area (Å²) in [5.41, 5.74) is 2.23. The first kappa shape index (κ1) is 21.9. The molecule has 0 aliphatic carbocycles. The van der Waals surface area contributed by atoms with E-state index in [4.69, 9.17) is 11.6 Å². The Morgan fingerprint density at radius 3 is 2.29 bits per heavy atom. The molecule has 8 nitrogen and oxygen atoms in total. The maximum atomic E-state index is 13.3. The average Bonchev–Trinajstić information content (AvgIpc) is 2.86. The van der Waals surface area contributed by atoms with Crippen molar-refractivity contribution >= 4 is 50.7 Å².